The van der Waals surface area contributed by atoms with Crippen LogP contribution in [0.25, 0.3) is 0 Å². The highest BCUT2D eigenvalue weighted by Gasteiger charge is 2.52. The highest BCUT2D eigenvalue weighted by Crippen LogP contribution is 2.37. The zero-order valence-corrected chi connectivity index (χ0v) is 11.5. The topological polar surface area (TPSA) is 62.3 Å². The van der Waals surface area contributed by atoms with Crippen LogP contribution in [0.15, 0.2) is 11.6 Å². The zero-order chi connectivity index (χ0) is 13.3. The van der Waals surface area contributed by atoms with E-state index in [2.05, 4.69) is 10.3 Å². The molecule has 0 unspecified atom stereocenters. The fourth-order valence-electron chi connectivity index (χ4n) is 3.10. The van der Waals surface area contributed by atoms with E-state index in [0.29, 0.717) is 6.54 Å². The van der Waals surface area contributed by atoms with Crippen molar-refractivity contribution in [3.05, 3.63) is 16.6 Å². The fraction of sp³-hybridized carbons (Fsp3) is 0.615. The van der Waals surface area contributed by atoms with Gasteiger partial charge in [0.25, 0.3) is 5.91 Å². The summed E-state index contributed by atoms with van der Waals surface area (Å²) in [7, 11) is 0. The first-order valence-electron chi connectivity index (χ1n) is 6.74. The molecule has 1 aromatic heterocycles. The van der Waals surface area contributed by atoms with Gasteiger partial charge in [-0.1, -0.05) is 25.7 Å². The van der Waals surface area contributed by atoms with E-state index < -0.39 is 5.54 Å². The number of hydrogen-bond donors (Lipinski definition) is 1. The number of carbonyl (C=O) groups is 2. The molecule has 1 saturated heterocycles. The second-order valence-corrected chi connectivity index (χ2v) is 6.20. The van der Waals surface area contributed by atoms with Gasteiger partial charge in [0.05, 0.1) is 6.54 Å². The Bertz CT molecular complexity index is 478. The summed E-state index contributed by atoms with van der Waals surface area (Å²) in [6.45, 7) is 0.440. The van der Waals surface area contributed by atoms with Crippen molar-refractivity contribution in [2.24, 2.45) is 0 Å². The molecule has 3 amide bonds. The number of rotatable bonds is 2. The zero-order valence-electron chi connectivity index (χ0n) is 10.7. The number of aromatic nitrogens is 1. The quantitative estimate of drug-likeness (QED) is 0.845. The predicted octanol–water partition coefficient (Wildman–Crippen LogP) is 2.29. The Morgan fingerprint density at radius 3 is 2.63 bits per heavy atom. The van der Waals surface area contributed by atoms with Gasteiger partial charge >= 0.3 is 6.03 Å². The maximum absolute atomic E-state index is 12.3. The van der Waals surface area contributed by atoms with Crippen LogP contribution in [-0.4, -0.2) is 27.4 Å². The molecule has 0 aromatic carbocycles. The first kappa shape index (κ1) is 12.6. The molecule has 5 nitrogen and oxygen atoms in total. The first-order valence-corrected chi connectivity index (χ1v) is 7.62. The van der Waals surface area contributed by atoms with E-state index >= 15 is 0 Å². The Balaban J connectivity index is 1.89. The van der Waals surface area contributed by atoms with Crippen molar-refractivity contribution < 1.29 is 9.59 Å². The maximum Gasteiger partial charge on any atom is 0.325 e. The molecular formula is C13H17N3O2S. The molecule has 0 bridgehead atoms. The van der Waals surface area contributed by atoms with E-state index in [-0.39, 0.29) is 11.9 Å². The average Bonchev–Trinajstić information content (AvgIpc) is 2.87. The third-order valence-electron chi connectivity index (χ3n) is 4.11. The van der Waals surface area contributed by atoms with E-state index in [1.54, 1.807) is 11.1 Å². The smallest absolute Gasteiger partial charge is 0.303 e. The molecule has 2 fully saturated rings. The van der Waals surface area contributed by atoms with Gasteiger partial charge in [0.15, 0.2) is 0 Å². The van der Waals surface area contributed by atoms with Gasteiger partial charge in [0.2, 0.25) is 0 Å². The van der Waals surface area contributed by atoms with Crippen molar-refractivity contribution in [1.29, 1.82) is 0 Å². The molecule has 1 aliphatic heterocycles. The number of nitrogens with zero attached hydrogens (tertiary/aromatic N) is 2. The number of amides is 3. The molecule has 2 aliphatic rings. The number of carbonyl (C=O) groups excluding carboxylic acids is 2. The minimum atomic E-state index is -0.626. The Morgan fingerprint density at radius 2 is 2.00 bits per heavy atom. The summed E-state index contributed by atoms with van der Waals surface area (Å²) in [4.78, 5) is 30.3. The van der Waals surface area contributed by atoms with Crippen molar-refractivity contribution in [3.8, 4) is 0 Å². The highest BCUT2D eigenvalue weighted by molar-refractivity contribution is 7.09. The van der Waals surface area contributed by atoms with Crippen LogP contribution in [0.1, 0.15) is 43.5 Å². The van der Waals surface area contributed by atoms with Crippen LogP contribution in [0.2, 0.25) is 0 Å². The minimum absolute atomic E-state index is 0.115. The maximum atomic E-state index is 12.3. The molecule has 6 heteroatoms. The van der Waals surface area contributed by atoms with Crippen LogP contribution in [-0.2, 0) is 11.3 Å². The molecule has 1 spiro atoms. The second-order valence-electron chi connectivity index (χ2n) is 5.22. The SMILES string of the molecule is O=C1NC(=O)C2(CCCCCC2)N1Cc1nccs1. The predicted molar refractivity (Wildman–Crippen MR) is 71.6 cm³/mol. The lowest BCUT2D eigenvalue weighted by molar-refractivity contribution is -0.127. The summed E-state index contributed by atoms with van der Waals surface area (Å²) in [6.07, 6.45) is 7.59. The van der Waals surface area contributed by atoms with E-state index in [0.717, 1.165) is 43.5 Å². The third-order valence-corrected chi connectivity index (χ3v) is 4.88. The summed E-state index contributed by atoms with van der Waals surface area (Å²) in [5.74, 6) is -0.115. The van der Waals surface area contributed by atoms with E-state index in [1.165, 1.54) is 11.3 Å². The minimum Gasteiger partial charge on any atom is -0.303 e. The van der Waals surface area contributed by atoms with E-state index in [9.17, 15) is 9.59 Å². The molecule has 0 atom stereocenters. The van der Waals surface area contributed by atoms with Gasteiger partial charge in [-0.3, -0.25) is 10.1 Å². The van der Waals surface area contributed by atoms with Gasteiger partial charge in [-0.15, -0.1) is 11.3 Å². The van der Waals surface area contributed by atoms with Crippen LogP contribution in [0.5, 0.6) is 0 Å². The lowest BCUT2D eigenvalue weighted by atomic mass is 9.89. The molecule has 3 rings (SSSR count). The van der Waals surface area contributed by atoms with Crippen molar-refractivity contribution in [3.63, 3.8) is 0 Å². The summed E-state index contributed by atoms with van der Waals surface area (Å²) < 4.78 is 0. The van der Waals surface area contributed by atoms with Crippen molar-refractivity contribution in [2.75, 3.05) is 0 Å². The number of urea groups is 1. The molecule has 1 saturated carbocycles. The van der Waals surface area contributed by atoms with Crippen molar-refractivity contribution in [2.45, 2.75) is 50.6 Å². The second kappa shape index (κ2) is 4.92. The molecular weight excluding hydrogens is 262 g/mol. The van der Waals surface area contributed by atoms with Crippen LogP contribution >= 0.6 is 11.3 Å². The lowest BCUT2D eigenvalue weighted by Crippen LogP contribution is -2.48. The lowest BCUT2D eigenvalue weighted by Gasteiger charge is -2.33. The molecule has 2 heterocycles. The van der Waals surface area contributed by atoms with Crippen molar-refractivity contribution in [1.82, 2.24) is 15.2 Å². The van der Waals surface area contributed by atoms with Crippen LogP contribution in [0.3, 0.4) is 0 Å². The van der Waals surface area contributed by atoms with Gasteiger partial charge in [0.1, 0.15) is 10.5 Å². The Kier molecular flexibility index (Phi) is 3.26. The van der Waals surface area contributed by atoms with Crippen molar-refractivity contribution >= 4 is 23.3 Å². The van der Waals surface area contributed by atoms with E-state index in [4.69, 9.17) is 0 Å². The number of nitrogens with one attached hydrogen (secondary N) is 1. The number of imide groups is 1. The van der Waals surface area contributed by atoms with Gasteiger partial charge in [-0.2, -0.15) is 0 Å². The Hall–Kier alpha value is -1.43. The summed E-state index contributed by atoms with van der Waals surface area (Å²) in [5, 5.41) is 5.27. The molecule has 0 radical (unpaired) electrons. The fourth-order valence-corrected chi connectivity index (χ4v) is 3.70. The molecule has 19 heavy (non-hydrogen) atoms. The normalized spacial score (nSPS) is 22.6. The molecule has 1 aliphatic carbocycles. The van der Waals surface area contributed by atoms with Gasteiger partial charge in [-0.05, 0) is 12.8 Å². The van der Waals surface area contributed by atoms with Gasteiger partial charge in [0, 0.05) is 11.6 Å². The Morgan fingerprint density at radius 1 is 1.26 bits per heavy atom. The van der Waals surface area contributed by atoms with Gasteiger partial charge in [-0.25, -0.2) is 9.78 Å². The standard InChI is InChI=1S/C13H17N3O2S/c17-11-13(5-3-1-2-4-6-13)16(12(18)15-11)9-10-14-7-8-19-10/h7-8H,1-6,9H2,(H,15,17,18). The first-order chi connectivity index (χ1) is 9.22. The summed E-state index contributed by atoms with van der Waals surface area (Å²) >= 11 is 1.52. The molecule has 1 aromatic rings. The summed E-state index contributed by atoms with van der Waals surface area (Å²) in [6, 6.07) is -0.262. The Labute approximate surface area is 116 Å². The van der Waals surface area contributed by atoms with Crippen LogP contribution in [0, 0.1) is 0 Å². The monoisotopic (exact) mass is 279 g/mol. The number of thiazole rings is 1. The average molecular weight is 279 g/mol. The molecule has 102 valence electrons. The van der Waals surface area contributed by atoms with Crippen LogP contribution in [0.4, 0.5) is 4.79 Å². The number of hydrogen-bond acceptors (Lipinski definition) is 4. The summed E-state index contributed by atoms with van der Waals surface area (Å²) in [5.41, 5.74) is -0.626. The van der Waals surface area contributed by atoms with E-state index in [1.807, 2.05) is 5.38 Å². The molecule has 1 N–H and O–H groups in total. The third kappa shape index (κ3) is 2.14. The highest BCUT2D eigenvalue weighted by atomic mass is 32.1. The van der Waals surface area contributed by atoms with Gasteiger partial charge < -0.3 is 4.90 Å². The largest absolute Gasteiger partial charge is 0.325 e. The van der Waals surface area contributed by atoms with Crippen LogP contribution < -0.4 is 5.32 Å².